The third-order valence-corrected chi connectivity index (χ3v) is 3.19. The molecule has 1 heterocycles. The van der Waals surface area contributed by atoms with Gasteiger partial charge in [0.2, 0.25) is 0 Å². The maximum absolute atomic E-state index is 14.1. The molecule has 1 aromatic carbocycles. The van der Waals surface area contributed by atoms with Crippen molar-refractivity contribution in [3.63, 3.8) is 0 Å². The molecule has 0 aliphatic heterocycles. The van der Waals surface area contributed by atoms with Crippen LogP contribution in [0.2, 0.25) is 0 Å². The summed E-state index contributed by atoms with van der Waals surface area (Å²) >= 11 is 0. The highest BCUT2D eigenvalue weighted by molar-refractivity contribution is 5.27. The van der Waals surface area contributed by atoms with E-state index in [1.54, 1.807) is 18.6 Å². The molecule has 2 rings (SSSR count). The van der Waals surface area contributed by atoms with Crippen LogP contribution in [0.25, 0.3) is 0 Å². The van der Waals surface area contributed by atoms with Gasteiger partial charge in [0, 0.05) is 11.6 Å². The summed E-state index contributed by atoms with van der Waals surface area (Å²) in [6.07, 6.45) is 5.12. The first-order valence-electron chi connectivity index (χ1n) is 6.71. The van der Waals surface area contributed by atoms with Gasteiger partial charge in [-0.3, -0.25) is 0 Å². The molecule has 1 aromatic heterocycles. The molecule has 0 bridgehead atoms. The molecule has 19 heavy (non-hydrogen) atoms. The van der Waals surface area contributed by atoms with Crippen molar-refractivity contribution in [1.82, 2.24) is 5.32 Å². The molecular formula is C16H20FNO. The monoisotopic (exact) mass is 261 g/mol. The largest absolute Gasteiger partial charge is 0.472 e. The molecular weight excluding hydrogens is 241 g/mol. The first-order chi connectivity index (χ1) is 9.20. The van der Waals surface area contributed by atoms with Gasteiger partial charge in [0.05, 0.1) is 12.5 Å². The Morgan fingerprint density at radius 1 is 1.32 bits per heavy atom. The van der Waals surface area contributed by atoms with E-state index in [-0.39, 0.29) is 11.9 Å². The second-order valence-electron chi connectivity index (χ2n) is 4.87. The van der Waals surface area contributed by atoms with Crippen LogP contribution in [-0.4, -0.2) is 6.54 Å². The van der Waals surface area contributed by atoms with Gasteiger partial charge < -0.3 is 9.73 Å². The first-order valence-corrected chi connectivity index (χ1v) is 6.71. The number of hydrogen-bond acceptors (Lipinski definition) is 2. The summed E-state index contributed by atoms with van der Waals surface area (Å²) in [4.78, 5) is 0. The number of nitrogens with one attached hydrogen (secondary N) is 1. The Morgan fingerprint density at radius 2 is 2.16 bits per heavy atom. The van der Waals surface area contributed by atoms with Gasteiger partial charge in [0.25, 0.3) is 0 Å². The number of rotatable bonds is 6. The van der Waals surface area contributed by atoms with Crippen LogP contribution < -0.4 is 5.32 Å². The van der Waals surface area contributed by atoms with E-state index in [0.717, 1.165) is 36.1 Å². The third kappa shape index (κ3) is 3.67. The van der Waals surface area contributed by atoms with E-state index < -0.39 is 0 Å². The fourth-order valence-electron chi connectivity index (χ4n) is 2.17. The predicted octanol–water partition coefficient (Wildman–Crippen LogP) is 4.01. The van der Waals surface area contributed by atoms with Crippen molar-refractivity contribution in [2.45, 2.75) is 32.7 Å². The minimum atomic E-state index is -0.142. The van der Waals surface area contributed by atoms with Crippen LogP contribution in [0.15, 0.2) is 41.2 Å². The molecule has 0 aliphatic rings. The lowest BCUT2D eigenvalue weighted by molar-refractivity contribution is 0.492. The molecule has 0 saturated heterocycles. The Balaban J connectivity index is 2.20. The quantitative estimate of drug-likeness (QED) is 0.850. The zero-order valence-corrected chi connectivity index (χ0v) is 11.4. The Morgan fingerprint density at radius 3 is 2.79 bits per heavy atom. The molecule has 0 fully saturated rings. The van der Waals surface area contributed by atoms with Gasteiger partial charge in [-0.15, -0.1) is 0 Å². The summed E-state index contributed by atoms with van der Waals surface area (Å²) in [5, 5.41) is 3.40. The molecule has 1 N–H and O–H groups in total. The average molecular weight is 261 g/mol. The first kappa shape index (κ1) is 13.8. The molecule has 2 nitrogen and oxygen atoms in total. The Hall–Kier alpha value is -1.61. The smallest absolute Gasteiger partial charge is 0.128 e. The highest BCUT2D eigenvalue weighted by atomic mass is 19.1. The molecule has 0 saturated carbocycles. The highest BCUT2D eigenvalue weighted by Crippen LogP contribution is 2.22. The average Bonchev–Trinajstić information content (AvgIpc) is 2.88. The summed E-state index contributed by atoms with van der Waals surface area (Å²) in [5.41, 5.74) is 2.74. The lowest BCUT2D eigenvalue weighted by Crippen LogP contribution is -2.25. The second kappa shape index (κ2) is 6.53. The highest BCUT2D eigenvalue weighted by Gasteiger charge is 2.16. The minimum absolute atomic E-state index is 0.0156. The summed E-state index contributed by atoms with van der Waals surface area (Å²) < 4.78 is 19.2. The molecule has 0 amide bonds. The van der Waals surface area contributed by atoms with E-state index in [9.17, 15) is 4.39 Å². The van der Waals surface area contributed by atoms with Crippen molar-refractivity contribution in [2.24, 2.45) is 0 Å². The Bertz CT molecular complexity index is 507. The van der Waals surface area contributed by atoms with Crippen molar-refractivity contribution >= 4 is 0 Å². The van der Waals surface area contributed by atoms with Gasteiger partial charge in [-0.1, -0.05) is 19.1 Å². The molecule has 0 aliphatic carbocycles. The van der Waals surface area contributed by atoms with Crippen molar-refractivity contribution in [2.75, 3.05) is 6.54 Å². The van der Waals surface area contributed by atoms with Gasteiger partial charge in [-0.05, 0) is 49.6 Å². The van der Waals surface area contributed by atoms with Crippen molar-refractivity contribution < 1.29 is 8.81 Å². The third-order valence-electron chi connectivity index (χ3n) is 3.19. The van der Waals surface area contributed by atoms with Crippen LogP contribution in [-0.2, 0) is 6.42 Å². The van der Waals surface area contributed by atoms with Crippen molar-refractivity contribution in [3.8, 4) is 0 Å². The summed E-state index contributed by atoms with van der Waals surface area (Å²) in [5.74, 6) is -0.142. The van der Waals surface area contributed by atoms with E-state index >= 15 is 0 Å². The van der Waals surface area contributed by atoms with Crippen LogP contribution in [0, 0.1) is 12.7 Å². The van der Waals surface area contributed by atoms with E-state index in [1.165, 1.54) is 0 Å². The molecule has 0 radical (unpaired) electrons. The van der Waals surface area contributed by atoms with Crippen molar-refractivity contribution in [1.29, 1.82) is 0 Å². The van der Waals surface area contributed by atoms with E-state index in [2.05, 4.69) is 12.2 Å². The van der Waals surface area contributed by atoms with E-state index in [1.807, 2.05) is 25.1 Å². The van der Waals surface area contributed by atoms with Gasteiger partial charge in [0.15, 0.2) is 0 Å². The molecule has 0 spiro atoms. The standard InChI is InChI=1S/C16H20FNO/c1-3-7-18-16(10-13-6-8-19-11-13)14-5-4-12(2)9-15(14)17/h4-6,8-9,11,16,18H,3,7,10H2,1-2H3. The van der Waals surface area contributed by atoms with Gasteiger partial charge in [-0.25, -0.2) is 4.39 Å². The maximum atomic E-state index is 14.1. The number of halogens is 1. The van der Waals surface area contributed by atoms with Crippen LogP contribution in [0.1, 0.15) is 36.1 Å². The van der Waals surface area contributed by atoms with E-state index in [4.69, 9.17) is 4.42 Å². The second-order valence-corrected chi connectivity index (χ2v) is 4.87. The van der Waals surface area contributed by atoms with Crippen LogP contribution >= 0.6 is 0 Å². The lowest BCUT2D eigenvalue weighted by Gasteiger charge is -2.19. The van der Waals surface area contributed by atoms with Crippen LogP contribution in [0.3, 0.4) is 0 Å². The fraction of sp³-hybridized carbons (Fsp3) is 0.375. The number of aryl methyl sites for hydroxylation is 1. The van der Waals surface area contributed by atoms with Crippen molar-refractivity contribution in [3.05, 3.63) is 59.3 Å². The lowest BCUT2D eigenvalue weighted by atomic mass is 9.98. The SMILES string of the molecule is CCCNC(Cc1ccoc1)c1ccc(C)cc1F. The van der Waals surface area contributed by atoms with Gasteiger partial charge in [-0.2, -0.15) is 0 Å². The normalized spacial score (nSPS) is 12.6. The number of hydrogen-bond donors (Lipinski definition) is 1. The van der Waals surface area contributed by atoms with Gasteiger partial charge in [0.1, 0.15) is 5.82 Å². The summed E-state index contributed by atoms with van der Waals surface area (Å²) in [6.45, 7) is 4.88. The summed E-state index contributed by atoms with van der Waals surface area (Å²) in [6, 6.07) is 7.32. The van der Waals surface area contributed by atoms with Crippen LogP contribution in [0.5, 0.6) is 0 Å². The summed E-state index contributed by atoms with van der Waals surface area (Å²) in [7, 11) is 0. The minimum Gasteiger partial charge on any atom is -0.472 e. The zero-order chi connectivity index (χ0) is 13.7. The van der Waals surface area contributed by atoms with Crippen LogP contribution in [0.4, 0.5) is 4.39 Å². The molecule has 1 unspecified atom stereocenters. The Kier molecular flexibility index (Phi) is 4.74. The number of benzene rings is 1. The number of furan rings is 1. The Labute approximate surface area is 113 Å². The fourth-order valence-corrected chi connectivity index (χ4v) is 2.17. The zero-order valence-electron chi connectivity index (χ0n) is 11.4. The predicted molar refractivity (Wildman–Crippen MR) is 74.6 cm³/mol. The molecule has 1 atom stereocenters. The topological polar surface area (TPSA) is 25.2 Å². The van der Waals surface area contributed by atoms with E-state index in [0.29, 0.717) is 0 Å². The maximum Gasteiger partial charge on any atom is 0.128 e. The molecule has 3 heteroatoms. The molecule has 102 valence electrons. The van der Waals surface area contributed by atoms with Gasteiger partial charge >= 0.3 is 0 Å². The molecule has 2 aromatic rings.